The first kappa shape index (κ1) is 17.0. The van der Waals surface area contributed by atoms with Crippen LogP contribution < -0.4 is 14.9 Å². The Morgan fingerprint density at radius 1 is 1.33 bits per heavy atom. The second-order valence-electron chi connectivity index (χ2n) is 4.61. The Morgan fingerprint density at radius 3 is 2.54 bits per heavy atom. The minimum atomic E-state index is -0.578. The van der Waals surface area contributed by atoms with Gasteiger partial charge in [-0.3, -0.25) is 14.9 Å². The highest BCUT2D eigenvalue weighted by Crippen LogP contribution is 2.33. The highest BCUT2D eigenvalue weighted by atomic mass is 16.6. The van der Waals surface area contributed by atoms with Crippen molar-refractivity contribution in [3.05, 3.63) is 51.5 Å². The van der Waals surface area contributed by atoms with Gasteiger partial charge < -0.3 is 13.9 Å². The molecular weight excluding hydrogens is 318 g/mol. The summed E-state index contributed by atoms with van der Waals surface area (Å²) in [5, 5.41) is 14.9. The van der Waals surface area contributed by atoms with Crippen molar-refractivity contribution >= 4 is 17.8 Å². The molecule has 2 aromatic rings. The average Bonchev–Trinajstić information content (AvgIpc) is 3.00. The minimum absolute atomic E-state index is 0.155. The Kier molecular flexibility index (Phi) is 5.15. The minimum Gasteiger partial charge on any atom is -0.493 e. The maximum absolute atomic E-state index is 11.9. The zero-order valence-electron chi connectivity index (χ0n) is 13.2. The largest absolute Gasteiger partial charge is 0.493 e. The first-order valence-electron chi connectivity index (χ1n) is 6.75. The summed E-state index contributed by atoms with van der Waals surface area (Å²) in [6.07, 6.45) is 2.54. The topological polar surface area (TPSA) is 116 Å². The number of methoxy groups -OCH3 is 2. The number of nitrogens with one attached hydrogen (secondary N) is 1. The van der Waals surface area contributed by atoms with Gasteiger partial charge in [0.1, 0.15) is 5.76 Å². The number of nitro benzene ring substituents is 1. The second kappa shape index (κ2) is 7.27. The highest BCUT2D eigenvalue weighted by Gasteiger charge is 2.18. The normalized spacial score (nSPS) is 10.6. The third-order valence-electron chi connectivity index (χ3n) is 3.20. The van der Waals surface area contributed by atoms with Gasteiger partial charge in [0.25, 0.3) is 11.6 Å². The monoisotopic (exact) mass is 333 g/mol. The summed E-state index contributed by atoms with van der Waals surface area (Å²) < 4.78 is 15.2. The first-order chi connectivity index (χ1) is 11.5. The lowest BCUT2D eigenvalue weighted by atomic mass is 10.1. The van der Waals surface area contributed by atoms with Crippen molar-refractivity contribution in [3.8, 4) is 11.5 Å². The lowest BCUT2D eigenvalue weighted by molar-refractivity contribution is -0.385. The van der Waals surface area contributed by atoms with Crippen LogP contribution in [0, 0.1) is 17.0 Å². The Bertz CT molecular complexity index is 797. The number of hydrogen-bond acceptors (Lipinski definition) is 7. The van der Waals surface area contributed by atoms with Crippen molar-refractivity contribution in [2.45, 2.75) is 6.92 Å². The summed E-state index contributed by atoms with van der Waals surface area (Å²) in [4.78, 5) is 22.5. The standard InChI is InChI=1S/C15H15N3O6/c1-9-11(4-5-24-9)15(19)17-16-8-10-6-13(22-2)14(23-3)7-12(10)18(20)21/h4-8H,1-3H3,(H,17,19)/b16-8-. The Hall–Kier alpha value is -3.36. The van der Waals surface area contributed by atoms with E-state index >= 15 is 0 Å². The smallest absolute Gasteiger partial charge is 0.282 e. The van der Waals surface area contributed by atoms with Crippen LogP contribution in [0.1, 0.15) is 21.7 Å². The van der Waals surface area contributed by atoms with E-state index in [-0.39, 0.29) is 17.0 Å². The number of carbonyl (C=O) groups excluding carboxylic acids is 1. The lowest BCUT2D eigenvalue weighted by Crippen LogP contribution is -2.17. The number of amides is 1. The number of benzene rings is 1. The maximum atomic E-state index is 11.9. The van der Waals surface area contributed by atoms with Crippen molar-refractivity contribution in [2.24, 2.45) is 5.10 Å². The molecular formula is C15H15N3O6. The molecule has 1 N–H and O–H groups in total. The van der Waals surface area contributed by atoms with E-state index in [4.69, 9.17) is 13.9 Å². The molecule has 0 aliphatic carbocycles. The van der Waals surface area contributed by atoms with Crippen LogP contribution >= 0.6 is 0 Å². The number of hydrogen-bond donors (Lipinski definition) is 1. The number of nitro groups is 1. The predicted molar refractivity (Wildman–Crippen MR) is 84.7 cm³/mol. The Morgan fingerprint density at radius 2 is 2.00 bits per heavy atom. The van der Waals surface area contributed by atoms with Crippen LogP contribution in [0.15, 0.2) is 34.0 Å². The average molecular weight is 333 g/mol. The van der Waals surface area contributed by atoms with Gasteiger partial charge in [0, 0.05) is 0 Å². The Labute approximate surface area is 137 Å². The highest BCUT2D eigenvalue weighted by molar-refractivity contribution is 5.96. The molecule has 9 nitrogen and oxygen atoms in total. The summed E-state index contributed by atoms with van der Waals surface area (Å²) in [7, 11) is 2.79. The third kappa shape index (κ3) is 3.51. The van der Waals surface area contributed by atoms with Crippen LogP contribution in [0.4, 0.5) is 5.69 Å². The molecule has 0 saturated carbocycles. The molecule has 0 bridgehead atoms. The molecule has 0 spiro atoms. The predicted octanol–water partition coefficient (Wildman–Crippen LogP) is 2.28. The van der Waals surface area contributed by atoms with E-state index in [1.165, 1.54) is 38.7 Å². The first-order valence-corrected chi connectivity index (χ1v) is 6.75. The molecule has 0 aliphatic rings. The van der Waals surface area contributed by atoms with E-state index in [1.54, 1.807) is 6.92 Å². The quantitative estimate of drug-likeness (QED) is 0.492. The molecule has 9 heteroatoms. The fourth-order valence-corrected chi connectivity index (χ4v) is 1.99. The summed E-state index contributed by atoms with van der Waals surface area (Å²) in [5.74, 6) is 0.487. The van der Waals surface area contributed by atoms with Crippen LogP contribution in [0.5, 0.6) is 11.5 Å². The SMILES string of the molecule is COc1cc(/C=N\NC(=O)c2ccoc2C)c([N+](=O)[O-])cc1OC. The third-order valence-corrected chi connectivity index (χ3v) is 3.20. The molecule has 1 aromatic heterocycles. The Balaban J connectivity index is 2.26. The van der Waals surface area contributed by atoms with Gasteiger partial charge in [0.15, 0.2) is 11.5 Å². The second-order valence-corrected chi connectivity index (χ2v) is 4.61. The molecule has 0 unspecified atom stereocenters. The van der Waals surface area contributed by atoms with E-state index < -0.39 is 10.8 Å². The molecule has 1 aromatic carbocycles. The van der Waals surface area contributed by atoms with E-state index in [2.05, 4.69) is 10.5 Å². The van der Waals surface area contributed by atoms with Gasteiger partial charge in [-0.25, -0.2) is 5.43 Å². The van der Waals surface area contributed by atoms with E-state index in [9.17, 15) is 14.9 Å². The van der Waals surface area contributed by atoms with Crippen LogP contribution in [0.3, 0.4) is 0 Å². The van der Waals surface area contributed by atoms with Crippen LogP contribution in [0.2, 0.25) is 0 Å². The van der Waals surface area contributed by atoms with E-state index in [0.717, 1.165) is 6.21 Å². The summed E-state index contributed by atoms with van der Waals surface area (Å²) in [6.45, 7) is 1.64. The van der Waals surface area contributed by atoms with Gasteiger partial charge in [-0.05, 0) is 19.1 Å². The van der Waals surface area contributed by atoms with Crippen molar-refractivity contribution in [1.29, 1.82) is 0 Å². The molecule has 24 heavy (non-hydrogen) atoms. The van der Waals surface area contributed by atoms with Crippen LogP contribution in [-0.4, -0.2) is 31.3 Å². The van der Waals surface area contributed by atoms with E-state index in [0.29, 0.717) is 17.1 Å². The van der Waals surface area contributed by atoms with Crippen LogP contribution in [0.25, 0.3) is 0 Å². The molecule has 0 atom stereocenters. The summed E-state index contributed by atoms with van der Waals surface area (Å²) in [5.41, 5.74) is 2.53. The van der Waals surface area contributed by atoms with Gasteiger partial charge in [-0.2, -0.15) is 5.10 Å². The fraction of sp³-hybridized carbons (Fsp3) is 0.200. The molecule has 2 rings (SSSR count). The molecule has 1 heterocycles. The van der Waals surface area contributed by atoms with Gasteiger partial charge in [-0.1, -0.05) is 0 Å². The van der Waals surface area contributed by atoms with Gasteiger partial charge in [0.2, 0.25) is 0 Å². The number of carbonyl (C=O) groups is 1. The summed E-state index contributed by atoms with van der Waals surface area (Å²) in [6, 6.07) is 4.12. The number of ether oxygens (including phenoxy) is 2. The molecule has 0 fully saturated rings. The van der Waals surface area contributed by atoms with Crippen molar-refractivity contribution in [1.82, 2.24) is 5.43 Å². The van der Waals surface area contributed by atoms with Crippen molar-refractivity contribution in [3.63, 3.8) is 0 Å². The van der Waals surface area contributed by atoms with Crippen molar-refractivity contribution < 1.29 is 23.6 Å². The van der Waals surface area contributed by atoms with E-state index in [1.807, 2.05) is 0 Å². The lowest BCUT2D eigenvalue weighted by Gasteiger charge is -2.08. The summed E-state index contributed by atoms with van der Waals surface area (Å²) >= 11 is 0. The van der Waals surface area contributed by atoms with Crippen LogP contribution in [-0.2, 0) is 0 Å². The molecule has 126 valence electrons. The molecule has 0 saturated heterocycles. The van der Waals surface area contributed by atoms with Crippen molar-refractivity contribution in [2.75, 3.05) is 14.2 Å². The van der Waals surface area contributed by atoms with Gasteiger partial charge in [0.05, 0.1) is 48.8 Å². The number of aryl methyl sites for hydroxylation is 1. The number of furan rings is 1. The number of hydrazone groups is 1. The van der Waals surface area contributed by atoms with Gasteiger partial charge >= 0.3 is 0 Å². The molecule has 1 amide bonds. The van der Waals surface area contributed by atoms with Gasteiger partial charge in [-0.15, -0.1) is 0 Å². The number of nitrogens with zero attached hydrogens (tertiary/aromatic N) is 2. The zero-order valence-corrected chi connectivity index (χ0v) is 13.2. The molecule has 0 aliphatic heterocycles. The number of rotatable bonds is 6. The maximum Gasteiger partial charge on any atom is 0.282 e. The zero-order chi connectivity index (χ0) is 17.7. The fourth-order valence-electron chi connectivity index (χ4n) is 1.99. The molecule has 0 radical (unpaired) electrons.